The van der Waals surface area contributed by atoms with Gasteiger partial charge in [-0.3, -0.25) is 4.90 Å². The summed E-state index contributed by atoms with van der Waals surface area (Å²) in [6, 6.07) is 0. The minimum Gasteiger partial charge on any atom is -0.374 e. The van der Waals surface area contributed by atoms with E-state index < -0.39 is 12.0 Å². The highest BCUT2D eigenvalue weighted by Crippen LogP contribution is 2.26. The summed E-state index contributed by atoms with van der Waals surface area (Å²) in [6.07, 6.45) is -3.29. The molecule has 1 aliphatic heterocycles. The molecule has 2 rings (SSSR count). The fourth-order valence-corrected chi connectivity index (χ4v) is 2.09. The summed E-state index contributed by atoms with van der Waals surface area (Å²) in [4.78, 5) is 9.01. The predicted molar refractivity (Wildman–Crippen MR) is 65.8 cm³/mol. The third-order valence-corrected chi connectivity index (χ3v) is 3.21. The monoisotopic (exact) mass is 290 g/mol. The van der Waals surface area contributed by atoms with Crippen LogP contribution in [0.25, 0.3) is 0 Å². The predicted octanol–water partition coefficient (Wildman–Crippen LogP) is 0.963. The van der Waals surface area contributed by atoms with E-state index in [2.05, 4.69) is 14.9 Å². The van der Waals surface area contributed by atoms with Gasteiger partial charge in [0.05, 0.1) is 12.7 Å². The summed E-state index contributed by atoms with van der Waals surface area (Å²) in [6.45, 7) is 4.45. The molecule has 1 fully saturated rings. The molecule has 0 bridgehead atoms. The van der Waals surface area contributed by atoms with Crippen molar-refractivity contribution in [2.24, 2.45) is 5.73 Å². The lowest BCUT2D eigenvalue weighted by Crippen LogP contribution is -2.45. The topological polar surface area (TPSA) is 64.3 Å². The van der Waals surface area contributed by atoms with Crippen molar-refractivity contribution in [3.8, 4) is 0 Å². The Morgan fingerprint density at radius 3 is 2.85 bits per heavy atom. The molecule has 1 aromatic rings. The summed E-state index contributed by atoms with van der Waals surface area (Å²) in [7, 11) is 0. The first-order chi connectivity index (χ1) is 9.40. The molecule has 0 amide bonds. The molecule has 5 nitrogen and oxygen atoms in total. The molecule has 2 N–H and O–H groups in total. The third kappa shape index (κ3) is 3.65. The number of morpholine rings is 1. The van der Waals surface area contributed by atoms with Gasteiger partial charge < -0.3 is 10.5 Å². The van der Waals surface area contributed by atoms with Crippen LogP contribution < -0.4 is 5.73 Å². The minimum absolute atomic E-state index is 0.0283. The van der Waals surface area contributed by atoms with Crippen molar-refractivity contribution < 1.29 is 17.9 Å². The third-order valence-electron chi connectivity index (χ3n) is 3.21. The zero-order valence-corrected chi connectivity index (χ0v) is 11.2. The van der Waals surface area contributed by atoms with E-state index in [1.165, 1.54) is 6.20 Å². The maximum atomic E-state index is 12.5. The quantitative estimate of drug-likeness (QED) is 0.898. The molecular weight excluding hydrogens is 273 g/mol. The second-order valence-electron chi connectivity index (χ2n) is 4.77. The largest absolute Gasteiger partial charge is 0.451 e. The Morgan fingerprint density at radius 2 is 2.25 bits per heavy atom. The highest BCUT2D eigenvalue weighted by molar-refractivity contribution is 5.17. The van der Waals surface area contributed by atoms with Crippen LogP contribution in [-0.4, -0.2) is 47.2 Å². The van der Waals surface area contributed by atoms with Crippen molar-refractivity contribution in [1.29, 1.82) is 0 Å². The van der Waals surface area contributed by atoms with E-state index >= 15 is 0 Å². The highest BCUT2D eigenvalue weighted by atomic mass is 19.4. The van der Waals surface area contributed by atoms with Crippen molar-refractivity contribution in [2.75, 3.05) is 26.2 Å². The van der Waals surface area contributed by atoms with Gasteiger partial charge in [-0.15, -0.1) is 0 Å². The van der Waals surface area contributed by atoms with Gasteiger partial charge >= 0.3 is 6.18 Å². The molecular formula is C12H17F3N4O. The van der Waals surface area contributed by atoms with Gasteiger partial charge in [0.25, 0.3) is 0 Å². The van der Waals surface area contributed by atoms with Crippen LogP contribution in [-0.2, 0) is 17.5 Å². The minimum atomic E-state index is -4.51. The molecule has 0 saturated carbocycles. The molecule has 1 aromatic heterocycles. The van der Waals surface area contributed by atoms with E-state index in [4.69, 9.17) is 10.5 Å². The number of alkyl halides is 3. The molecule has 0 aromatic carbocycles. The van der Waals surface area contributed by atoms with Crippen LogP contribution in [0.3, 0.4) is 0 Å². The molecule has 0 spiro atoms. The fourth-order valence-electron chi connectivity index (χ4n) is 2.09. The molecule has 20 heavy (non-hydrogen) atoms. The summed E-state index contributed by atoms with van der Waals surface area (Å²) in [5.41, 5.74) is 6.60. The van der Waals surface area contributed by atoms with Crippen molar-refractivity contribution in [2.45, 2.75) is 25.7 Å². The second-order valence-corrected chi connectivity index (χ2v) is 4.77. The lowest BCUT2D eigenvalue weighted by atomic mass is 10.2. The first-order valence-electron chi connectivity index (χ1n) is 6.34. The number of nitrogens with two attached hydrogens (primary N) is 1. The number of aromatic nitrogens is 2. The molecule has 112 valence electrons. The number of nitrogens with zero attached hydrogens (tertiary/aromatic N) is 3. The number of aryl methyl sites for hydroxylation is 1. The first kappa shape index (κ1) is 15.1. The van der Waals surface area contributed by atoms with Crippen molar-refractivity contribution in [3.63, 3.8) is 0 Å². The lowest BCUT2D eigenvalue weighted by Gasteiger charge is -2.32. The first-order valence-corrected chi connectivity index (χ1v) is 6.34. The summed E-state index contributed by atoms with van der Waals surface area (Å²) in [5, 5.41) is 0. The van der Waals surface area contributed by atoms with Crippen LogP contribution in [0.15, 0.2) is 6.20 Å². The van der Waals surface area contributed by atoms with Crippen LogP contribution in [0.1, 0.15) is 17.1 Å². The summed E-state index contributed by atoms with van der Waals surface area (Å²) in [5.74, 6) is -1.10. The van der Waals surface area contributed by atoms with E-state index in [0.717, 1.165) is 6.54 Å². The maximum Gasteiger partial charge on any atom is 0.451 e. The second kappa shape index (κ2) is 6.02. The van der Waals surface area contributed by atoms with Crippen molar-refractivity contribution >= 4 is 0 Å². The lowest BCUT2D eigenvalue weighted by molar-refractivity contribution is -0.145. The van der Waals surface area contributed by atoms with Gasteiger partial charge in [-0.25, -0.2) is 9.97 Å². The van der Waals surface area contributed by atoms with Gasteiger partial charge in [0, 0.05) is 43.6 Å². The molecule has 8 heteroatoms. The van der Waals surface area contributed by atoms with Gasteiger partial charge in [0.15, 0.2) is 0 Å². The number of hydrogen-bond donors (Lipinski definition) is 1. The molecule has 1 atom stereocenters. The van der Waals surface area contributed by atoms with E-state index in [9.17, 15) is 13.2 Å². The average molecular weight is 290 g/mol. The molecule has 0 radical (unpaired) electrons. The molecule has 0 unspecified atom stereocenters. The molecule has 1 saturated heterocycles. The van der Waals surface area contributed by atoms with E-state index in [-0.39, 0.29) is 6.10 Å². The maximum absolute atomic E-state index is 12.5. The van der Waals surface area contributed by atoms with Crippen molar-refractivity contribution in [1.82, 2.24) is 14.9 Å². The Bertz CT molecular complexity index is 467. The highest BCUT2D eigenvalue weighted by Gasteiger charge is 2.35. The van der Waals surface area contributed by atoms with Crippen LogP contribution >= 0.6 is 0 Å². The molecule has 1 aliphatic rings. The van der Waals surface area contributed by atoms with Crippen LogP contribution in [0.5, 0.6) is 0 Å². The smallest absolute Gasteiger partial charge is 0.374 e. The Morgan fingerprint density at radius 1 is 1.50 bits per heavy atom. The van der Waals surface area contributed by atoms with E-state index in [1.807, 2.05) is 0 Å². The van der Waals surface area contributed by atoms with Crippen LogP contribution in [0.2, 0.25) is 0 Å². The molecule has 2 heterocycles. The van der Waals surface area contributed by atoms with Crippen LogP contribution in [0, 0.1) is 6.92 Å². The standard InChI is InChI=1S/C12H17F3N4O/c1-8-9(5-17-11(18-8)12(13,14)15)6-19-2-3-20-10(4-16)7-19/h5,10H,2-4,6-7,16H2,1H3/t10-/m0/s1. The van der Waals surface area contributed by atoms with E-state index in [0.29, 0.717) is 37.5 Å². The van der Waals surface area contributed by atoms with Gasteiger partial charge in [0.1, 0.15) is 0 Å². The average Bonchev–Trinajstić information content (AvgIpc) is 2.40. The number of rotatable bonds is 3. The SMILES string of the molecule is Cc1nc(C(F)(F)F)ncc1CN1CCO[C@@H](CN)C1. The van der Waals surface area contributed by atoms with Crippen LogP contribution in [0.4, 0.5) is 13.2 Å². The Kier molecular flexibility index (Phi) is 4.56. The number of hydrogen-bond acceptors (Lipinski definition) is 5. The Hall–Kier alpha value is -1.25. The number of ether oxygens (including phenoxy) is 1. The zero-order valence-electron chi connectivity index (χ0n) is 11.2. The molecule has 0 aliphatic carbocycles. The Balaban J connectivity index is 2.06. The van der Waals surface area contributed by atoms with Gasteiger partial charge in [-0.05, 0) is 6.92 Å². The zero-order chi connectivity index (χ0) is 14.8. The van der Waals surface area contributed by atoms with Gasteiger partial charge in [-0.2, -0.15) is 13.2 Å². The summed E-state index contributed by atoms with van der Waals surface area (Å²) < 4.78 is 42.9. The normalized spacial score (nSPS) is 21.1. The fraction of sp³-hybridized carbons (Fsp3) is 0.667. The van der Waals surface area contributed by atoms with Crippen molar-refractivity contribution in [3.05, 3.63) is 23.3 Å². The van der Waals surface area contributed by atoms with Gasteiger partial charge in [-0.1, -0.05) is 0 Å². The number of halogens is 3. The van der Waals surface area contributed by atoms with Gasteiger partial charge in [0.2, 0.25) is 5.82 Å². The Labute approximate surface area is 114 Å². The van der Waals surface area contributed by atoms with E-state index in [1.54, 1.807) is 6.92 Å². The summed E-state index contributed by atoms with van der Waals surface area (Å²) >= 11 is 0.